The second-order valence-corrected chi connectivity index (χ2v) is 11.8. The average molecular weight is 502 g/mol. The summed E-state index contributed by atoms with van der Waals surface area (Å²) in [6.45, 7) is 5.47. The van der Waals surface area contributed by atoms with E-state index in [-0.39, 0.29) is 5.92 Å². The van der Waals surface area contributed by atoms with E-state index in [2.05, 4.69) is 117 Å². The van der Waals surface area contributed by atoms with Crippen molar-refractivity contribution < 1.29 is 9.47 Å². The van der Waals surface area contributed by atoms with Crippen LogP contribution in [0.3, 0.4) is 0 Å². The normalized spacial score (nSPS) is 17.0. The molecular weight excluding hydrogens is 471 g/mol. The molecule has 3 heteroatoms. The van der Waals surface area contributed by atoms with Crippen molar-refractivity contribution in [3.05, 3.63) is 149 Å². The molecule has 182 valence electrons. The molecule has 1 aliphatic heterocycles. The third-order valence-electron chi connectivity index (χ3n) is 7.04. The van der Waals surface area contributed by atoms with Gasteiger partial charge in [-0.25, -0.2) is 0 Å². The van der Waals surface area contributed by atoms with Gasteiger partial charge in [-0.2, -0.15) is 0 Å². The van der Waals surface area contributed by atoms with Crippen LogP contribution >= 0.6 is 7.55 Å². The van der Waals surface area contributed by atoms with Crippen LogP contribution in [-0.2, 0) is 18.0 Å². The van der Waals surface area contributed by atoms with E-state index >= 15 is 0 Å². The van der Waals surface area contributed by atoms with Crippen molar-refractivity contribution in [1.29, 1.82) is 0 Å². The lowest BCUT2D eigenvalue weighted by molar-refractivity contribution is 0.205. The fourth-order valence-electron chi connectivity index (χ4n) is 5.13. The molecule has 1 heterocycles. The Hall–Kier alpha value is -3.87. The number of aryl methyl sites for hydroxylation is 1. The molecule has 0 aromatic heterocycles. The van der Waals surface area contributed by atoms with Crippen LogP contribution in [0.4, 0.5) is 0 Å². The Morgan fingerprint density at radius 1 is 0.703 bits per heavy atom. The molecule has 0 saturated carbocycles. The first-order valence-corrected chi connectivity index (χ1v) is 14.1. The number of fused-ring (bicyclic) bond motifs is 3. The first kappa shape index (κ1) is 23.5. The van der Waals surface area contributed by atoms with Gasteiger partial charge in [0.1, 0.15) is 30.0 Å². The molecule has 2 aliphatic rings. The van der Waals surface area contributed by atoms with Crippen molar-refractivity contribution in [2.24, 2.45) is 0 Å². The summed E-state index contributed by atoms with van der Waals surface area (Å²) >= 11 is 0. The number of benzene rings is 4. The molecule has 0 bridgehead atoms. The maximum Gasteiger partial charge on any atom is 0.174 e. The van der Waals surface area contributed by atoms with E-state index in [0.717, 1.165) is 11.5 Å². The van der Waals surface area contributed by atoms with E-state index < -0.39 is 7.55 Å². The summed E-state index contributed by atoms with van der Waals surface area (Å²) in [4.78, 5) is 0. The Bertz CT molecular complexity index is 1520. The number of ether oxygens (including phenoxy) is 2. The standard InChI is InChI=1S/C34H30O2P/c1-24-18-33-29(20-31(24)35-22-26-12-6-3-7-13-26)30-21-32(36-23-27-14-8-4-9-15-27)25(2)19-34(30)37(33)28-16-10-5-11-17-28/h3-21,29H,22-23H2,1-2H3/q+1. The second-order valence-electron chi connectivity index (χ2n) is 9.66. The van der Waals surface area contributed by atoms with Crippen molar-refractivity contribution >= 4 is 23.4 Å². The zero-order chi connectivity index (χ0) is 25.2. The lowest BCUT2D eigenvalue weighted by Crippen LogP contribution is -2.13. The molecule has 0 radical (unpaired) electrons. The monoisotopic (exact) mass is 501 g/mol. The summed E-state index contributed by atoms with van der Waals surface area (Å²) in [7, 11) is -0.609. The lowest BCUT2D eigenvalue weighted by atomic mass is 9.89. The van der Waals surface area contributed by atoms with Crippen molar-refractivity contribution in [3.63, 3.8) is 0 Å². The molecule has 0 N–H and O–H groups in total. The van der Waals surface area contributed by atoms with E-state index in [0.29, 0.717) is 13.2 Å². The van der Waals surface area contributed by atoms with Gasteiger partial charge in [0, 0.05) is 5.56 Å². The van der Waals surface area contributed by atoms with Gasteiger partial charge in [-0.3, -0.25) is 0 Å². The van der Waals surface area contributed by atoms with Crippen LogP contribution in [0.5, 0.6) is 5.75 Å². The molecule has 0 spiro atoms. The van der Waals surface area contributed by atoms with Gasteiger partial charge in [-0.15, -0.1) is 0 Å². The average Bonchev–Trinajstić information content (AvgIpc) is 3.23. The molecule has 2 nitrogen and oxygen atoms in total. The molecular formula is C34H30O2P+. The largest absolute Gasteiger partial charge is 0.489 e. The Balaban J connectivity index is 1.38. The van der Waals surface area contributed by atoms with Crippen LogP contribution in [-0.4, -0.2) is 5.29 Å². The topological polar surface area (TPSA) is 18.5 Å². The third-order valence-corrected chi connectivity index (χ3v) is 9.64. The van der Waals surface area contributed by atoms with E-state index in [1.807, 2.05) is 12.1 Å². The first-order chi connectivity index (χ1) is 18.2. The lowest BCUT2D eigenvalue weighted by Gasteiger charge is -2.19. The van der Waals surface area contributed by atoms with Crippen molar-refractivity contribution in [3.8, 4) is 5.75 Å². The highest BCUT2D eigenvalue weighted by Gasteiger charge is 2.43. The first-order valence-electron chi connectivity index (χ1n) is 12.8. The van der Waals surface area contributed by atoms with Gasteiger partial charge in [-0.1, -0.05) is 78.9 Å². The van der Waals surface area contributed by atoms with E-state index in [4.69, 9.17) is 9.47 Å². The van der Waals surface area contributed by atoms with Crippen LogP contribution in [0.2, 0.25) is 0 Å². The van der Waals surface area contributed by atoms with Crippen molar-refractivity contribution in [1.82, 2.24) is 0 Å². The van der Waals surface area contributed by atoms with Gasteiger partial charge in [0.2, 0.25) is 0 Å². The summed E-state index contributed by atoms with van der Waals surface area (Å²) in [5, 5.41) is 4.29. The summed E-state index contributed by atoms with van der Waals surface area (Å²) in [6, 6.07) is 36.3. The molecule has 1 aliphatic carbocycles. The van der Waals surface area contributed by atoms with Crippen LogP contribution in [0.25, 0.3) is 0 Å². The fraction of sp³-hybridized carbons (Fsp3) is 0.147. The SMILES string of the molecule is CC1=CC2=[P+](c3ccccc3)c3cc(C)c(OCc4ccccc4)cc3C2C=C1OCc1ccccc1. The molecule has 4 aromatic rings. The number of hydrogen-bond donors (Lipinski definition) is 0. The fourth-order valence-corrected chi connectivity index (χ4v) is 8.05. The highest BCUT2D eigenvalue weighted by atomic mass is 31.1. The Labute approximate surface area is 220 Å². The van der Waals surface area contributed by atoms with Crippen LogP contribution in [0, 0.1) is 6.92 Å². The van der Waals surface area contributed by atoms with Gasteiger partial charge >= 0.3 is 0 Å². The van der Waals surface area contributed by atoms with Gasteiger partial charge in [0.15, 0.2) is 18.2 Å². The van der Waals surface area contributed by atoms with Crippen molar-refractivity contribution in [2.45, 2.75) is 33.0 Å². The molecule has 0 fully saturated rings. The molecule has 2 unspecified atom stereocenters. The molecule has 4 aromatic carbocycles. The maximum absolute atomic E-state index is 6.36. The van der Waals surface area contributed by atoms with Crippen LogP contribution in [0.1, 0.15) is 35.1 Å². The van der Waals surface area contributed by atoms with E-state index in [9.17, 15) is 0 Å². The van der Waals surface area contributed by atoms with Gasteiger partial charge in [0.25, 0.3) is 0 Å². The van der Waals surface area contributed by atoms with E-state index in [1.165, 1.54) is 43.7 Å². The zero-order valence-electron chi connectivity index (χ0n) is 21.2. The minimum Gasteiger partial charge on any atom is -0.489 e. The Morgan fingerprint density at radius 2 is 1.30 bits per heavy atom. The van der Waals surface area contributed by atoms with Gasteiger partial charge in [-0.05, 0) is 72.5 Å². The summed E-state index contributed by atoms with van der Waals surface area (Å²) < 4.78 is 12.7. The predicted molar refractivity (Wildman–Crippen MR) is 155 cm³/mol. The molecule has 37 heavy (non-hydrogen) atoms. The summed E-state index contributed by atoms with van der Waals surface area (Å²) in [5.74, 6) is 2.12. The third kappa shape index (κ3) is 4.78. The number of allylic oxidation sites excluding steroid dienone is 3. The second kappa shape index (κ2) is 10.2. The smallest absolute Gasteiger partial charge is 0.174 e. The highest BCUT2D eigenvalue weighted by molar-refractivity contribution is 7.74. The Morgan fingerprint density at radius 3 is 1.95 bits per heavy atom. The maximum atomic E-state index is 6.36. The number of rotatable bonds is 7. The van der Waals surface area contributed by atoms with Gasteiger partial charge < -0.3 is 9.47 Å². The van der Waals surface area contributed by atoms with Crippen molar-refractivity contribution in [2.75, 3.05) is 0 Å². The van der Waals surface area contributed by atoms with E-state index in [1.54, 1.807) is 0 Å². The predicted octanol–water partition coefficient (Wildman–Crippen LogP) is 7.34. The van der Waals surface area contributed by atoms with Crippen LogP contribution in [0.15, 0.2) is 127 Å². The summed E-state index contributed by atoms with van der Waals surface area (Å²) in [6.07, 6.45) is 4.71. The summed E-state index contributed by atoms with van der Waals surface area (Å²) in [5.41, 5.74) is 6.06. The minimum absolute atomic E-state index is 0.190. The van der Waals surface area contributed by atoms with Gasteiger partial charge in [0.05, 0.1) is 5.92 Å². The van der Waals surface area contributed by atoms with Crippen LogP contribution < -0.4 is 15.3 Å². The zero-order valence-corrected chi connectivity index (χ0v) is 22.1. The molecule has 0 amide bonds. The quantitative estimate of drug-likeness (QED) is 0.247. The highest BCUT2D eigenvalue weighted by Crippen LogP contribution is 2.46. The molecule has 6 rings (SSSR count). The molecule has 0 saturated heterocycles. The number of hydrogen-bond acceptors (Lipinski definition) is 2. The Kier molecular flexibility index (Phi) is 6.51. The minimum atomic E-state index is -0.609. The molecule has 2 atom stereocenters.